The fourth-order valence-corrected chi connectivity index (χ4v) is 6.23. The van der Waals surface area contributed by atoms with Crippen molar-refractivity contribution < 1.29 is 28.0 Å². The number of aliphatic hydroxyl groups is 2. The molecule has 2 aromatic heterocycles. The molecule has 1 aliphatic rings. The highest BCUT2D eigenvalue weighted by Gasteiger charge is 2.60. The molecule has 2 aromatic carbocycles. The van der Waals surface area contributed by atoms with E-state index in [2.05, 4.69) is 37.4 Å². The van der Waals surface area contributed by atoms with E-state index < -0.39 is 45.6 Å². The van der Waals surface area contributed by atoms with Gasteiger partial charge in [-0.15, -0.1) is 0 Å². The largest absolute Gasteiger partial charge is 0.389 e. The van der Waals surface area contributed by atoms with Gasteiger partial charge in [0.15, 0.2) is 17.0 Å². The number of hydrogen-bond donors (Lipinski definition) is 5. The highest BCUT2D eigenvalue weighted by atomic mass is 35.5. The van der Waals surface area contributed by atoms with E-state index in [9.17, 15) is 28.0 Å². The number of carbonyl (C=O) groups is 1. The van der Waals surface area contributed by atoms with Crippen molar-refractivity contribution in [3.63, 3.8) is 0 Å². The van der Waals surface area contributed by atoms with Gasteiger partial charge in [0.1, 0.15) is 6.10 Å². The minimum Gasteiger partial charge on any atom is -0.389 e. The van der Waals surface area contributed by atoms with Gasteiger partial charge in [0, 0.05) is 24.2 Å². The number of hydrogen-bond acceptors (Lipinski definition) is 9. The standard InChI is InChI=1S/C29H29ClN6O6S/c1-16-23(24(37)25(38)29(16,2)28(39)31-3)36-15-33-22-26(32-14-18-7-4-8-19(30)12-18)34-21(35-27(22)36)11-10-17-6-5-9-20(13-17)43(40,41)42/h4-9,12-13,15-16,23-25,37-38H,14H2,1-3H3,(H,31,39)(H,32,34,35)(H,40,41,42)/t16-,23-,24+,25+,29+/m1/s1. The minimum atomic E-state index is -4.42. The van der Waals surface area contributed by atoms with Crippen LogP contribution in [0, 0.1) is 23.2 Å². The van der Waals surface area contributed by atoms with Crippen LogP contribution in [-0.2, 0) is 21.5 Å². The van der Waals surface area contributed by atoms with Crippen LogP contribution in [0.3, 0.4) is 0 Å². The molecule has 1 saturated carbocycles. The molecule has 0 unspecified atom stereocenters. The average molecular weight is 625 g/mol. The zero-order valence-electron chi connectivity index (χ0n) is 23.4. The Balaban J connectivity index is 1.61. The number of carbonyl (C=O) groups excluding carboxylic acids is 1. The lowest BCUT2D eigenvalue weighted by Gasteiger charge is -2.31. The summed E-state index contributed by atoms with van der Waals surface area (Å²) in [7, 11) is -2.95. The Hall–Kier alpha value is -4.06. The molecule has 224 valence electrons. The van der Waals surface area contributed by atoms with Crippen molar-refractivity contribution in [1.82, 2.24) is 24.8 Å². The van der Waals surface area contributed by atoms with Gasteiger partial charge in [-0.25, -0.2) is 15.0 Å². The second kappa shape index (κ2) is 11.6. The van der Waals surface area contributed by atoms with Gasteiger partial charge in [-0.2, -0.15) is 8.42 Å². The number of nitrogens with one attached hydrogen (secondary N) is 2. The molecule has 43 heavy (non-hydrogen) atoms. The third-order valence-electron chi connectivity index (χ3n) is 8.00. The Bertz CT molecular complexity index is 1890. The highest BCUT2D eigenvalue weighted by Crippen LogP contribution is 2.50. The number of amides is 1. The van der Waals surface area contributed by atoms with Crippen molar-refractivity contribution in [2.75, 3.05) is 12.4 Å². The second-order valence-electron chi connectivity index (χ2n) is 10.5. The number of fused-ring (bicyclic) bond motifs is 1. The van der Waals surface area contributed by atoms with E-state index >= 15 is 0 Å². The van der Waals surface area contributed by atoms with E-state index in [1.54, 1.807) is 36.6 Å². The van der Waals surface area contributed by atoms with Gasteiger partial charge < -0.3 is 25.4 Å². The molecule has 1 fully saturated rings. The third-order valence-corrected chi connectivity index (χ3v) is 9.09. The molecule has 12 nitrogen and oxygen atoms in total. The molecular weight excluding hydrogens is 596 g/mol. The SMILES string of the molecule is CNC(=O)[C@@]1(C)[C@H](C)[C@@H](n2cnc3c(NCc4cccc(Cl)c4)nc(C#Cc4cccc(S(=O)(=O)O)c4)nc32)[C@H](O)[C@@H]1O. The van der Waals surface area contributed by atoms with E-state index in [0.29, 0.717) is 34.1 Å². The van der Waals surface area contributed by atoms with Gasteiger partial charge in [-0.05, 0) is 54.7 Å². The zero-order valence-corrected chi connectivity index (χ0v) is 24.9. The summed E-state index contributed by atoms with van der Waals surface area (Å²) >= 11 is 6.14. The number of aliphatic hydroxyl groups excluding tert-OH is 2. The molecule has 5 N–H and O–H groups in total. The van der Waals surface area contributed by atoms with Crippen LogP contribution in [-0.4, -0.2) is 67.9 Å². The number of nitrogens with zero attached hydrogens (tertiary/aromatic N) is 4. The predicted octanol–water partition coefficient (Wildman–Crippen LogP) is 2.40. The monoisotopic (exact) mass is 624 g/mol. The van der Waals surface area contributed by atoms with E-state index in [4.69, 9.17) is 11.6 Å². The molecule has 14 heteroatoms. The van der Waals surface area contributed by atoms with E-state index in [-0.39, 0.29) is 10.7 Å². The summed E-state index contributed by atoms with van der Waals surface area (Å²) < 4.78 is 34.1. The lowest BCUT2D eigenvalue weighted by atomic mass is 9.77. The molecule has 2 heterocycles. The topological polar surface area (TPSA) is 180 Å². The van der Waals surface area contributed by atoms with Gasteiger partial charge in [0.05, 0.1) is 28.8 Å². The third kappa shape index (κ3) is 5.67. The van der Waals surface area contributed by atoms with E-state index in [1.807, 2.05) is 12.1 Å². The molecule has 4 aromatic rings. The molecule has 0 aliphatic heterocycles. The first-order valence-corrected chi connectivity index (χ1v) is 15.1. The van der Waals surface area contributed by atoms with Gasteiger partial charge in [-0.3, -0.25) is 9.35 Å². The van der Waals surface area contributed by atoms with Crippen LogP contribution in [0.15, 0.2) is 59.8 Å². The van der Waals surface area contributed by atoms with Crippen molar-refractivity contribution in [3.05, 3.63) is 76.8 Å². The van der Waals surface area contributed by atoms with Crippen molar-refractivity contribution in [2.45, 2.75) is 43.5 Å². The van der Waals surface area contributed by atoms with Crippen LogP contribution in [0.5, 0.6) is 0 Å². The molecule has 5 rings (SSSR count). The predicted molar refractivity (Wildman–Crippen MR) is 159 cm³/mol. The summed E-state index contributed by atoms with van der Waals surface area (Å²) in [5.41, 5.74) is 0.534. The van der Waals surface area contributed by atoms with Crippen molar-refractivity contribution in [1.29, 1.82) is 0 Å². The van der Waals surface area contributed by atoms with Crippen LogP contribution in [0.2, 0.25) is 5.02 Å². The lowest BCUT2D eigenvalue weighted by molar-refractivity contribution is -0.139. The maximum Gasteiger partial charge on any atom is 0.294 e. The minimum absolute atomic E-state index is 0.0508. The number of rotatable bonds is 6. The fourth-order valence-electron chi connectivity index (χ4n) is 5.49. The summed E-state index contributed by atoms with van der Waals surface area (Å²) in [6.07, 6.45) is -1.20. The van der Waals surface area contributed by atoms with Gasteiger partial charge in [0.2, 0.25) is 11.7 Å². The summed E-state index contributed by atoms with van der Waals surface area (Å²) in [5, 5.41) is 28.5. The summed E-state index contributed by atoms with van der Waals surface area (Å²) in [6.45, 7) is 3.71. The first-order valence-electron chi connectivity index (χ1n) is 13.3. The molecule has 0 spiro atoms. The van der Waals surface area contributed by atoms with Gasteiger partial charge in [0.25, 0.3) is 10.1 Å². The Morgan fingerprint density at radius 3 is 2.58 bits per heavy atom. The van der Waals surface area contributed by atoms with Gasteiger partial charge in [-0.1, -0.05) is 42.6 Å². The van der Waals surface area contributed by atoms with E-state index in [0.717, 1.165) is 5.56 Å². The first kappa shape index (κ1) is 30.4. The average Bonchev–Trinajstić information content (AvgIpc) is 3.47. The molecule has 1 aliphatic carbocycles. The lowest BCUT2D eigenvalue weighted by Crippen LogP contribution is -2.47. The molecular formula is C29H29ClN6O6S. The van der Waals surface area contributed by atoms with Crippen molar-refractivity contribution >= 4 is 44.6 Å². The normalized spacial score (nSPS) is 23.5. The molecule has 5 atom stereocenters. The highest BCUT2D eigenvalue weighted by molar-refractivity contribution is 7.85. The van der Waals surface area contributed by atoms with E-state index in [1.165, 1.54) is 31.6 Å². The van der Waals surface area contributed by atoms with Crippen LogP contribution in [0.4, 0.5) is 5.82 Å². The zero-order chi connectivity index (χ0) is 31.1. The Morgan fingerprint density at radius 1 is 1.14 bits per heavy atom. The first-order chi connectivity index (χ1) is 20.3. The number of anilines is 1. The smallest absolute Gasteiger partial charge is 0.294 e. The maximum atomic E-state index is 12.8. The number of halogens is 1. The number of aromatic nitrogens is 4. The Labute approximate surface area is 252 Å². The molecule has 1 amide bonds. The molecule has 0 saturated heterocycles. The number of benzene rings is 2. The summed E-state index contributed by atoms with van der Waals surface area (Å²) in [6, 6.07) is 12.0. The Kier molecular flexibility index (Phi) is 8.17. The Morgan fingerprint density at radius 2 is 1.88 bits per heavy atom. The second-order valence-corrected chi connectivity index (χ2v) is 12.4. The number of imidazole rings is 1. The van der Waals surface area contributed by atoms with Gasteiger partial charge >= 0.3 is 0 Å². The maximum absolute atomic E-state index is 12.8. The van der Waals surface area contributed by atoms with Crippen molar-refractivity contribution in [3.8, 4) is 11.8 Å². The van der Waals surface area contributed by atoms with Crippen LogP contribution in [0.1, 0.15) is 36.8 Å². The summed E-state index contributed by atoms with van der Waals surface area (Å²) in [5.74, 6) is 5.09. The summed E-state index contributed by atoms with van der Waals surface area (Å²) in [4.78, 5) is 26.2. The molecule has 0 bridgehead atoms. The fraction of sp³-hybridized carbons (Fsp3) is 0.310. The quantitative estimate of drug-likeness (QED) is 0.158. The molecule has 0 radical (unpaired) electrons. The van der Waals surface area contributed by atoms with Crippen LogP contribution >= 0.6 is 11.6 Å². The van der Waals surface area contributed by atoms with Crippen LogP contribution in [0.25, 0.3) is 11.2 Å². The van der Waals surface area contributed by atoms with Crippen molar-refractivity contribution in [2.24, 2.45) is 11.3 Å². The van der Waals surface area contributed by atoms with Crippen LogP contribution < -0.4 is 10.6 Å².